The van der Waals surface area contributed by atoms with Crippen molar-refractivity contribution >= 4 is 0 Å². The molecule has 0 bridgehead atoms. The van der Waals surface area contributed by atoms with Crippen molar-refractivity contribution in [3.8, 4) is 0 Å². The van der Waals surface area contributed by atoms with Crippen LogP contribution in [0.5, 0.6) is 0 Å². The maximum absolute atomic E-state index is 14.3. The van der Waals surface area contributed by atoms with Crippen LogP contribution in [0.1, 0.15) is 90.9 Å². The molecule has 2 aliphatic carbocycles. The lowest BCUT2D eigenvalue weighted by atomic mass is 9.66. The van der Waals surface area contributed by atoms with Crippen LogP contribution in [0.25, 0.3) is 0 Å². The van der Waals surface area contributed by atoms with Crippen molar-refractivity contribution in [2.24, 2.45) is 29.6 Å². The van der Waals surface area contributed by atoms with Crippen molar-refractivity contribution in [2.45, 2.75) is 103 Å². The van der Waals surface area contributed by atoms with E-state index in [-0.39, 0.29) is 12.0 Å². The number of unbranched alkanes of at least 4 members (excludes halogenated alkanes) is 2. The SMILES string of the molecule is CC=CC1CCC([C@H]2[C@H](C3CCC(CCCCC)CC3)OC2(F)F)CC1. The molecule has 150 valence electrons. The number of alkyl halides is 2. The summed E-state index contributed by atoms with van der Waals surface area (Å²) in [5, 5.41) is 0. The molecular weight excluding hydrogens is 330 g/mol. The van der Waals surface area contributed by atoms with E-state index < -0.39 is 12.0 Å². The molecule has 3 aliphatic rings. The normalized spacial score (nSPS) is 40.5. The molecule has 0 N–H and O–H groups in total. The Kier molecular flexibility index (Phi) is 7.16. The molecule has 0 amide bonds. The summed E-state index contributed by atoms with van der Waals surface area (Å²) in [5.41, 5.74) is 0. The van der Waals surface area contributed by atoms with Gasteiger partial charge in [0.1, 0.15) is 0 Å². The molecule has 0 unspecified atom stereocenters. The zero-order valence-corrected chi connectivity index (χ0v) is 16.8. The summed E-state index contributed by atoms with van der Waals surface area (Å²) >= 11 is 0. The molecule has 3 fully saturated rings. The van der Waals surface area contributed by atoms with Crippen LogP contribution in [-0.4, -0.2) is 12.2 Å². The van der Waals surface area contributed by atoms with Crippen LogP contribution in [0.15, 0.2) is 12.2 Å². The molecule has 26 heavy (non-hydrogen) atoms. The number of hydrogen-bond acceptors (Lipinski definition) is 1. The third-order valence-electron chi connectivity index (χ3n) is 7.40. The molecule has 2 atom stereocenters. The van der Waals surface area contributed by atoms with Gasteiger partial charge in [-0.2, -0.15) is 8.78 Å². The number of allylic oxidation sites excluding steroid dienone is 2. The second-order valence-electron chi connectivity index (χ2n) is 9.15. The standard InChI is InChI=1S/C23H38F2O/c1-3-5-6-8-18-11-15-20(16-12-18)22-21(23(24,25)26-22)19-13-9-17(7-4-2)10-14-19/h4,7,17-22H,3,5-6,8-16H2,1-2H3/t17?,18?,19?,20?,21-,22-/m0/s1. The van der Waals surface area contributed by atoms with Crippen LogP contribution in [0.3, 0.4) is 0 Å². The Morgan fingerprint density at radius 1 is 0.923 bits per heavy atom. The Bertz CT molecular complexity index is 445. The van der Waals surface area contributed by atoms with E-state index in [1.54, 1.807) is 0 Å². The quantitative estimate of drug-likeness (QED) is 0.337. The molecule has 3 rings (SSSR count). The Labute approximate surface area is 159 Å². The van der Waals surface area contributed by atoms with Gasteiger partial charge in [0.05, 0.1) is 12.0 Å². The maximum Gasteiger partial charge on any atom is 0.361 e. The lowest BCUT2D eigenvalue weighted by Gasteiger charge is -2.53. The highest BCUT2D eigenvalue weighted by Crippen LogP contribution is 2.55. The van der Waals surface area contributed by atoms with Crippen molar-refractivity contribution in [1.29, 1.82) is 0 Å². The van der Waals surface area contributed by atoms with Gasteiger partial charge in [-0.25, -0.2) is 0 Å². The number of halogens is 2. The lowest BCUT2D eigenvalue weighted by Crippen LogP contribution is -2.61. The van der Waals surface area contributed by atoms with Crippen molar-refractivity contribution < 1.29 is 13.5 Å². The van der Waals surface area contributed by atoms with E-state index in [1.807, 2.05) is 0 Å². The predicted molar refractivity (Wildman–Crippen MR) is 103 cm³/mol. The minimum Gasteiger partial charge on any atom is -0.316 e. The smallest absolute Gasteiger partial charge is 0.316 e. The molecule has 1 nitrogen and oxygen atoms in total. The van der Waals surface area contributed by atoms with Crippen LogP contribution < -0.4 is 0 Å². The van der Waals surface area contributed by atoms with E-state index in [0.717, 1.165) is 44.4 Å². The van der Waals surface area contributed by atoms with E-state index in [2.05, 4.69) is 26.0 Å². The minimum absolute atomic E-state index is 0.160. The van der Waals surface area contributed by atoms with Gasteiger partial charge in [-0.05, 0) is 69.1 Å². The summed E-state index contributed by atoms with van der Waals surface area (Å²) in [7, 11) is 0. The number of ether oxygens (including phenoxy) is 1. The second kappa shape index (κ2) is 9.17. The van der Waals surface area contributed by atoms with Crippen LogP contribution in [0.2, 0.25) is 0 Å². The van der Waals surface area contributed by atoms with Gasteiger partial charge in [0.25, 0.3) is 0 Å². The molecule has 0 aromatic carbocycles. The molecule has 3 heteroatoms. The fourth-order valence-electron chi connectivity index (χ4n) is 5.84. The summed E-state index contributed by atoms with van der Waals surface area (Å²) in [6.07, 6.45) is 15.3. The monoisotopic (exact) mass is 368 g/mol. The first-order valence-electron chi connectivity index (χ1n) is 11.2. The second-order valence-corrected chi connectivity index (χ2v) is 9.15. The average molecular weight is 369 g/mol. The summed E-state index contributed by atoms with van der Waals surface area (Å²) in [6, 6.07) is 0. The molecule has 0 aromatic rings. The lowest BCUT2D eigenvalue weighted by molar-refractivity contribution is -0.418. The van der Waals surface area contributed by atoms with Gasteiger partial charge in [0, 0.05) is 0 Å². The Balaban J connectivity index is 1.49. The first kappa shape index (κ1) is 20.3. The number of rotatable bonds is 7. The topological polar surface area (TPSA) is 9.23 Å². The van der Waals surface area contributed by atoms with Crippen molar-refractivity contribution in [1.82, 2.24) is 0 Å². The van der Waals surface area contributed by atoms with Gasteiger partial charge in [-0.1, -0.05) is 57.6 Å². The van der Waals surface area contributed by atoms with E-state index in [1.165, 1.54) is 38.5 Å². The van der Waals surface area contributed by atoms with Crippen molar-refractivity contribution in [2.75, 3.05) is 0 Å². The van der Waals surface area contributed by atoms with E-state index >= 15 is 0 Å². The van der Waals surface area contributed by atoms with Crippen LogP contribution in [-0.2, 0) is 4.74 Å². The molecule has 0 spiro atoms. The van der Waals surface area contributed by atoms with Gasteiger partial charge in [-0.15, -0.1) is 0 Å². The molecule has 2 saturated carbocycles. The van der Waals surface area contributed by atoms with Crippen molar-refractivity contribution in [3.05, 3.63) is 12.2 Å². The Morgan fingerprint density at radius 3 is 2.15 bits per heavy atom. The van der Waals surface area contributed by atoms with E-state index in [0.29, 0.717) is 11.8 Å². The highest BCUT2D eigenvalue weighted by atomic mass is 19.3. The number of hydrogen-bond donors (Lipinski definition) is 0. The van der Waals surface area contributed by atoms with Gasteiger partial charge >= 0.3 is 6.11 Å². The van der Waals surface area contributed by atoms with Gasteiger partial charge in [0.15, 0.2) is 0 Å². The molecule has 0 aromatic heterocycles. The molecular formula is C23H38F2O. The summed E-state index contributed by atoms with van der Waals surface area (Å²) < 4.78 is 33.8. The first-order valence-corrected chi connectivity index (χ1v) is 11.2. The zero-order valence-electron chi connectivity index (χ0n) is 16.8. The highest BCUT2D eigenvalue weighted by molar-refractivity contribution is 4.99. The van der Waals surface area contributed by atoms with Gasteiger partial charge in [0.2, 0.25) is 0 Å². The first-order chi connectivity index (χ1) is 12.5. The Hall–Kier alpha value is -0.440. The highest BCUT2D eigenvalue weighted by Gasteiger charge is 2.62. The van der Waals surface area contributed by atoms with Crippen LogP contribution >= 0.6 is 0 Å². The molecule has 1 aliphatic heterocycles. The van der Waals surface area contributed by atoms with Crippen LogP contribution in [0, 0.1) is 29.6 Å². The maximum atomic E-state index is 14.3. The van der Waals surface area contributed by atoms with Crippen molar-refractivity contribution in [3.63, 3.8) is 0 Å². The fourth-order valence-corrected chi connectivity index (χ4v) is 5.84. The molecule has 0 radical (unpaired) electrons. The van der Waals surface area contributed by atoms with E-state index in [4.69, 9.17) is 4.74 Å². The third kappa shape index (κ3) is 4.69. The average Bonchev–Trinajstić information content (AvgIpc) is 2.63. The minimum atomic E-state index is -2.87. The molecule has 1 heterocycles. The van der Waals surface area contributed by atoms with E-state index in [9.17, 15) is 8.78 Å². The fraction of sp³-hybridized carbons (Fsp3) is 0.913. The van der Waals surface area contributed by atoms with Gasteiger partial charge in [-0.3, -0.25) is 0 Å². The Morgan fingerprint density at radius 2 is 1.58 bits per heavy atom. The van der Waals surface area contributed by atoms with Gasteiger partial charge < -0.3 is 4.74 Å². The van der Waals surface area contributed by atoms with Crippen LogP contribution in [0.4, 0.5) is 8.78 Å². The molecule has 1 saturated heterocycles. The largest absolute Gasteiger partial charge is 0.361 e. The third-order valence-corrected chi connectivity index (χ3v) is 7.40. The summed E-state index contributed by atoms with van der Waals surface area (Å²) in [6.45, 7) is 4.30. The summed E-state index contributed by atoms with van der Waals surface area (Å²) in [5.74, 6) is 1.44. The summed E-state index contributed by atoms with van der Waals surface area (Å²) in [4.78, 5) is 0. The predicted octanol–water partition coefficient (Wildman–Crippen LogP) is 7.36. The zero-order chi connectivity index (χ0) is 18.6.